The molecule has 0 unspecified atom stereocenters. The van der Waals surface area contributed by atoms with Crippen molar-refractivity contribution in [1.29, 1.82) is 0 Å². The molecule has 4 aliphatic rings. The van der Waals surface area contributed by atoms with Crippen molar-refractivity contribution in [3.05, 3.63) is 65.7 Å². The second-order valence-corrected chi connectivity index (χ2v) is 11.9. The van der Waals surface area contributed by atoms with Crippen molar-refractivity contribution < 1.29 is 14.7 Å². The molecule has 4 atom stereocenters. The van der Waals surface area contributed by atoms with E-state index in [1.807, 2.05) is 18.2 Å². The van der Waals surface area contributed by atoms with Crippen LogP contribution in [0.2, 0.25) is 0 Å². The van der Waals surface area contributed by atoms with Gasteiger partial charge in [-0.2, -0.15) is 0 Å². The summed E-state index contributed by atoms with van der Waals surface area (Å²) in [5, 5.41) is 9.20. The number of rotatable bonds is 7. The molecule has 5 nitrogen and oxygen atoms in total. The Kier molecular flexibility index (Phi) is 6.84. The molecule has 2 bridgehead atoms. The van der Waals surface area contributed by atoms with Gasteiger partial charge in [-0.3, -0.25) is 4.79 Å². The number of fused-ring (bicyclic) bond motifs is 2. The molecule has 0 radical (unpaired) electrons. The summed E-state index contributed by atoms with van der Waals surface area (Å²) in [6.07, 6.45) is 5.74. The van der Waals surface area contributed by atoms with Gasteiger partial charge < -0.3 is 14.9 Å². The van der Waals surface area contributed by atoms with Crippen molar-refractivity contribution in [2.24, 2.45) is 23.2 Å². The minimum absolute atomic E-state index is 0.274. The summed E-state index contributed by atoms with van der Waals surface area (Å²) in [7, 11) is 0. The van der Waals surface area contributed by atoms with Crippen LogP contribution in [-0.4, -0.2) is 47.1 Å². The highest BCUT2D eigenvalue weighted by Gasteiger charge is 2.58. The SMILES string of the molecule is C[C@@H]1[C@@H](N(C(=O)CCc2ccccc2)C2CCN(c3ccc(C(=O)O)cc3)CC2)C[C@H]2C[C@@H]1C2(C)C. The van der Waals surface area contributed by atoms with Crippen LogP contribution < -0.4 is 4.90 Å². The molecular weight excluding hydrogens is 448 g/mol. The van der Waals surface area contributed by atoms with Gasteiger partial charge in [0, 0.05) is 37.3 Å². The molecule has 0 spiro atoms. The fraction of sp³-hybridized carbons (Fsp3) is 0.548. The van der Waals surface area contributed by atoms with Gasteiger partial charge in [0.1, 0.15) is 0 Å². The number of anilines is 1. The summed E-state index contributed by atoms with van der Waals surface area (Å²) in [5.41, 5.74) is 3.01. The number of hydrogen-bond acceptors (Lipinski definition) is 3. The third-order valence-electron chi connectivity index (χ3n) is 9.77. The molecule has 5 heteroatoms. The Bertz CT molecular complexity index is 1070. The maximum atomic E-state index is 13.9. The van der Waals surface area contributed by atoms with E-state index in [-0.39, 0.29) is 6.04 Å². The molecule has 6 rings (SSSR count). The van der Waals surface area contributed by atoms with Gasteiger partial charge in [0.2, 0.25) is 5.91 Å². The van der Waals surface area contributed by atoms with Crippen LogP contribution in [0.15, 0.2) is 54.6 Å². The Morgan fingerprint density at radius 1 is 1.00 bits per heavy atom. The summed E-state index contributed by atoms with van der Waals surface area (Å²) >= 11 is 0. The Morgan fingerprint density at radius 2 is 1.67 bits per heavy atom. The number of amides is 1. The summed E-state index contributed by atoms with van der Waals surface area (Å²) in [6.45, 7) is 9.02. The molecule has 1 amide bonds. The number of carboxylic acids is 1. The monoisotopic (exact) mass is 488 g/mol. The number of carboxylic acid groups (broad SMARTS) is 1. The molecule has 1 N–H and O–H groups in total. The zero-order valence-electron chi connectivity index (χ0n) is 21.9. The van der Waals surface area contributed by atoms with Gasteiger partial charge >= 0.3 is 5.97 Å². The summed E-state index contributed by atoms with van der Waals surface area (Å²) in [4.78, 5) is 29.7. The normalized spacial score (nSPS) is 27.2. The van der Waals surface area contributed by atoms with E-state index in [0.717, 1.165) is 50.4 Å². The number of benzene rings is 2. The molecule has 3 aliphatic carbocycles. The number of aryl methyl sites for hydroxylation is 1. The number of carbonyl (C=O) groups excluding carboxylic acids is 1. The van der Waals surface area contributed by atoms with E-state index in [1.165, 1.54) is 12.0 Å². The number of carbonyl (C=O) groups is 2. The molecule has 1 saturated heterocycles. The maximum absolute atomic E-state index is 13.9. The Balaban J connectivity index is 1.30. The zero-order valence-corrected chi connectivity index (χ0v) is 21.9. The lowest BCUT2D eigenvalue weighted by Gasteiger charge is -2.64. The summed E-state index contributed by atoms with van der Waals surface area (Å²) in [6, 6.07) is 18.2. The largest absolute Gasteiger partial charge is 0.478 e. The minimum atomic E-state index is -0.896. The predicted molar refractivity (Wildman–Crippen MR) is 143 cm³/mol. The fourth-order valence-electron chi connectivity index (χ4n) is 7.39. The molecule has 2 aromatic rings. The maximum Gasteiger partial charge on any atom is 0.335 e. The molecule has 2 aromatic carbocycles. The lowest BCUT2D eigenvalue weighted by atomic mass is 9.44. The van der Waals surface area contributed by atoms with E-state index in [1.54, 1.807) is 12.1 Å². The molecule has 1 aliphatic heterocycles. The van der Waals surface area contributed by atoms with Crippen molar-refractivity contribution >= 4 is 17.6 Å². The van der Waals surface area contributed by atoms with E-state index in [2.05, 4.69) is 54.8 Å². The number of piperidine rings is 1. The van der Waals surface area contributed by atoms with Crippen LogP contribution >= 0.6 is 0 Å². The van der Waals surface area contributed by atoms with Gasteiger partial charge in [-0.05, 0) is 85.1 Å². The average Bonchev–Trinajstić information content (AvgIpc) is 2.89. The van der Waals surface area contributed by atoms with E-state index < -0.39 is 5.97 Å². The van der Waals surface area contributed by atoms with E-state index in [0.29, 0.717) is 41.2 Å². The van der Waals surface area contributed by atoms with E-state index >= 15 is 0 Å². The smallest absolute Gasteiger partial charge is 0.335 e. The summed E-state index contributed by atoms with van der Waals surface area (Å²) < 4.78 is 0. The quantitative estimate of drug-likeness (QED) is 0.528. The minimum Gasteiger partial charge on any atom is -0.478 e. The van der Waals surface area contributed by atoms with Crippen LogP contribution in [0.1, 0.15) is 68.8 Å². The van der Waals surface area contributed by atoms with Crippen LogP contribution in [0.4, 0.5) is 5.69 Å². The highest BCUT2D eigenvalue weighted by molar-refractivity contribution is 5.88. The molecule has 4 fully saturated rings. The first kappa shape index (κ1) is 24.9. The van der Waals surface area contributed by atoms with Crippen LogP contribution in [0, 0.1) is 23.2 Å². The van der Waals surface area contributed by atoms with Crippen LogP contribution in [0.25, 0.3) is 0 Å². The second-order valence-electron chi connectivity index (χ2n) is 11.9. The van der Waals surface area contributed by atoms with Gasteiger partial charge in [-0.1, -0.05) is 51.1 Å². The van der Waals surface area contributed by atoms with Crippen molar-refractivity contribution in [2.45, 2.75) is 71.4 Å². The van der Waals surface area contributed by atoms with E-state index in [9.17, 15) is 14.7 Å². The zero-order chi connectivity index (χ0) is 25.4. The summed E-state index contributed by atoms with van der Waals surface area (Å²) in [5.74, 6) is 1.39. The number of nitrogens with zero attached hydrogens (tertiary/aromatic N) is 2. The molecule has 3 saturated carbocycles. The molecule has 0 aromatic heterocycles. The van der Waals surface area contributed by atoms with Gasteiger partial charge in [0.25, 0.3) is 0 Å². The number of aromatic carboxylic acids is 1. The van der Waals surface area contributed by atoms with Gasteiger partial charge in [0.15, 0.2) is 0 Å². The lowest BCUT2D eigenvalue weighted by Crippen LogP contribution is -2.64. The van der Waals surface area contributed by atoms with Gasteiger partial charge in [0.05, 0.1) is 5.56 Å². The second kappa shape index (κ2) is 9.91. The van der Waals surface area contributed by atoms with Crippen molar-refractivity contribution in [2.75, 3.05) is 18.0 Å². The first-order valence-corrected chi connectivity index (χ1v) is 13.7. The first-order chi connectivity index (χ1) is 17.3. The Hall–Kier alpha value is -2.82. The third-order valence-corrected chi connectivity index (χ3v) is 9.77. The fourth-order valence-corrected chi connectivity index (χ4v) is 7.39. The topological polar surface area (TPSA) is 60.9 Å². The standard InChI is InChI=1S/C31H40N2O3/c1-21-27-19-24(31(27,2)3)20-28(21)33(29(34)14-9-22-7-5-4-6-8-22)26-15-17-32(18-16-26)25-12-10-23(11-13-25)30(35)36/h4-8,10-13,21,24,26-28H,9,14-20H2,1-3H3,(H,35,36)/t21-,24+,27-,28-/m0/s1. The van der Waals surface area contributed by atoms with Gasteiger partial charge in [-0.15, -0.1) is 0 Å². The molecule has 192 valence electrons. The van der Waals surface area contributed by atoms with Crippen LogP contribution in [0.3, 0.4) is 0 Å². The van der Waals surface area contributed by atoms with Crippen molar-refractivity contribution in [1.82, 2.24) is 4.90 Å². The third kappa shape index (κ3) is 4.65. The molecular formula is C31H40N2O3. The molecule has 36 heavy (non-hydrogen) atoms. The van der Waals surface area contributed by atoms with Crippen molar-refractivity contribution in [3.8, 4) is 0 Å². The average molecular weight is 489 g/mol. The Morgan fingerprint density at radius 3 is 2.25 bits per heavy atom. The first-order valence-electron chi connectivity index (χ1n) is 13.7. The van der Waals surface area contributed by atoms with Crippen LogP contribution in [-0.2, 0) is 11.2 Å². The van der Waals surface area contributed by atoms with Crippen molar-refractivity contribution in [3.63, 3.8) is 0 Å². The number of hydrogen-bond donors (Lipinski definition) is 1. The highest BCUT2D eigenvalue weighted by Crippen LogP contribution is 2.62. The van der Waals surface area contributed by atoms with Crippen LogP contribution in [0.5, 0.6) is 0 Å². The Labute approximate surface area is 215 Å². The lowest BCUT2D eigenvalue weighted by molar-refractivity contribution is -0.164. The van der Waals surface area contributed by atoms with E-state index in [4.69, 9.17) is 0 Å². The molecule has 1 heterocycles. The van der Waals surface area contributed by atoms with Gasteiger partial charge in [-0.25, -0.2) is 4.79 Å². The highest BCUT2D eigenvalue weighted by atomic mass is 16.4. The predicted octanol–water partition coefficient (Wildman–Crippen LogP) is 5.89.